The van der Waals surface area contributed by atoms with Gasteiger partial charge in [0.25, 0.3) is 0 Å². The summed E-state index contributed by atoms with van der Waals surface area (Å²) in [7, 11) is 0. The quantitative estimate of drug-likeness (QED) is 0.495. The second kappa shape index (κ2) is 6.79. The molecule has 3 aromatic heterocycles. The lowest BCUT2D eigenvalue weighted by molar-refractivity contribution is 1.09. The molecule has 5 aromatic rings. The molecule has 0 fully saturated rings. The minimum atomic E-state index is 0.410. The number of nitrogen functional groups attached to an aromatic ring is 1. The van der Waals surface area contributed by atoms with Crippen molar-refractivity contribution in [2.45, 2.75) is 0 Å². The van der Waals surface area contributed by atoms with Crippen LogP contribution in [-0.2, 0) is 0 Å². The standard InChI is InChI=1S/C21H14N6S/c22-21-27-26-20(28-21)16-12-11-15-19(24-16)25-18(14-9-5-2-6-10-14)17(23-15)13-7-3-1-4-8-13/h1-12H,(H2,22,27). The van der Waals surface area contributed by atoms with Crippen molar-refractivity contribution in [2.75, 3.05) is 5.73 Å². The molecule has 0 atom stereocenters. The molecule has 134 valence electrons. The van der Waals surface area contributed by atoms with Gasteiger partial charge in [0, 0.05) is 11.1 Å². The summed E-state index contributed by atoms with van der Waals surface area (Å²) in [5.41, 5.74) is 11.3. The Bertz CT molecular complexity index is 1270. The highest BCUT2D eigenvalue weighted by molar-refractivity contribution is 7.18. The van der Waals surface area contributed by atoms with Gasteiger partial charge in [0.05, 0.1) is 11.4 Å². The summed E-state index contributed by atoms with van der Waals surface area (Å²) in [6.45, 7) is 0. The van der Waals surface area contributed by atoms with Crippen molar-refractivity contribution in [3.05, 3.63) is 72.8 Å². The Labute approximate surface area is 164 Å². The predicted octanol–water partition coefficient (Wildman–Crippen LogP) is 4.46. The summed E-state index contributed by atoms with van der Waals surface area (Å²) in [5, 5.41) is 9.00. The first-order chi connectivity index (χ1) is 13.8. The average Bonchev–Trinajstić information content (AvgIpc) is 3.20. The van der Waals surface area contributed by atoms with Crippen LogP contribution in [0.2, 0.25) is 0 Å². The first-order valence-electron chi connectivity index (χ1n) is 8.67. The number of hydrogen-bond acceptors (Lipinski definition) is 7. The van der Waals surface area contributed by atoms with Crippen molar-refractivity contribution < 1.29 is 0 Å². The molecule has 0 saturated heterocycles. The number of anilines is 1. The van der Waals surface area contributed by atoms with Gasteiger partial charge in [-0.15, -0.1) is 10.2 Å². The van der Waals surface area contributed by atoms with E-state index in [1.54, 1.807) is 0 Å². The predicted molar refractivity (Wildman–Crippen MR) is 112 cm³/mol. The number of benzene rings is 2. The smallest absolute Gasteiger partial charge is 0.203 e. The fourth-order valence-electron chi connectivity index (χ4n) is 2.99. The lowest BCUT2D eigenvalue weighted by atomic mass is 10.0. The van der Waals surface area contributed by atoms with Crippen molar-refractivity contribution in [2.24, 2.45) is 0 Å². The van der Waals surface area contributed by atoms with Crippen molar-refractivity contribution in [3.63, 3.8) is 0 Å². The van der Waals surface area contributed by atoms with Gasteiger partial charge in [0.1, 0.15) is 11.2 Å². The number of fused-ring (bicyclic) bond motifs is 1. The molecule has 0 unspecified atom stereocenters. The summed E-state index contributed by atoms with van der Waals surface area (Å²) < 4.78 is 0. The molecule has 0 aliphatic rings. The van der Waals surface area contributed by atoms with Crippen molar-refractivity contribution in [3.8, 4) is 33.2 Å². The van der Waals surface area contributed by atoms with Gasteiger partial charge in [-0.2, -0.15) is 0 Å². The van der Waals surface area contributed by atoms with Gasteiger partial charge in [-0.05, 0) is 12.1 Å². The Kier molecular flexibility index (Phi) is 3.99. The number of nitrogens with two attached hydrogens (primary N) is 1. The molecule has 0 bridgehead atoms. The lowest BCUT2D eigenvalue weighted by Crippen LogP contribution is -1.97. The summed E-state index contributed by atoms with van der Waals surface area (Å²) in [6.07, 6.45) is 0. The van der Waals surface area contributed by atoms with E-state index in [1.807, 2.05) is 72.8 Å². The van der Waals surface area contributed by atoms with Crippen LogP contribution in [-0.4, -0.2) is 25.1 Å². The van der Waals surface area contributed by atoms with E-state index in [1.165, 1.54) is 11.3 Å². The summed E-state index contributed by atoms with van der Waals surface area (Å²) in [5.74, 6) is 0. The first kappa shape index (κ1) is 16.5. The number of rotatable bonds is 3. The lowest BCUT2D eigenvalue weighted by Gasteiger charge is -2.10. The van der Waals surface area contributed by atoms with Crippen molar-refractivity contribution >= 4 is 27.6 Å². The van der Waals surface area contributed by atoms with Crippen LogP contribution < -0.4 is 5.73 Å². The third-order valence-electron chi connectivity index (χ3n) is 4.28. The Hall–Kier alpha value is -3.71. The van der Waals surface area contributed by atoms with Crippen LogP contribution in [0.5, 0.6) is 0 Å². The average molecular weight is 382 g/mol. The van der Waals surface area contributed by atoms with Gasteiger partial charge < -0.3 is 5.73 Å². The maximum absolute atomic E-state index is 5.70. The molecule has 0 radical (unpaired) electrons. The van der Waals surface area contributed by atoms with E-state index in [4.69, 9.17) is 15.7 Å². The fourth-order valence-corrected chi connectivity index (χ4v) is 3.57. The van der Waals surface area contributed by atoms with Crippen LogP contribution >= 0.6 is 11.3 Å². The van der Waals surface area contributed by atoms with Crippen LogP contribution in [0.15, 0.2) is 72.8 Å². The number of hydrogen-bond donors (Lipinski definition) is 1. The Morgan fingerprint density at radius 2 is 1.29 bits per heavy atom. The summed E-state index contributed by atoms with van der Waals surface area (Å²) >= 11 is 1.29. The minimum Gasteiger partial charge on any atom is -0.374 e. The van der Waals surface area contributed by atoms with E-state index in [0.29, 0.717) is 21.5 Å². The zero-order valence-electron chi connectivity index (χ0n) is 14.6. The van der Waals surface area contributed by atoms with Crippen LogP contribution in [0.25, 0.3) is 44.4 Å². The highest BCUT2D eigenvalue weighted by Crippen LogP contribution is 2.31. The van der Waals surface area contributed by atoms with E-state index >= 15 is 0 Å². The molecule has 6 nitrogen and oxygen atoms in total. The Balaban J connectivity index is 1.75. The van der Waals surface area contributed by atoms with Gasteiger partial charge in [0.2, 0.25) is 5.13 Å². The number of nitrogens with zero attached hydrogens (tertiary/aromatic N) is 5. The van der Waals surface area contributed by atoms with Gasteiger partial charge >= 0.3 is 0 Å². The van der Waals surface area contributed by atoms with Gasteiger partial charge in [-0.1, -0.05) is 72.0 Å². The molecule has 5 rings (SSSR count). The molecule has 0 amide bonds. The zero-order valence-corrected chi connectivity index (χ0v) is 15.5. The molecule has 0 saturated carbocycles. The zero-order chi connectivity index (χ0) is 18.9. The molecular formula is C21H14N6S. The van der Waals surface area contributed by atoms with E-state index in [9.17, 15) is 0 Å². The normalized spacial score (nSPS) is 11.0. The second-order valence-corrected chi connectivity index (χ2v) is 7.15. The molecular weight excluding hydrogens is 368 g/mol. The first-order valence-corrected chi connectivity index (χ1v) is 9.48. The van der Waals surface area contributed by atoms with Crippen LogP contribution in [0.4, 0.5) is 5.13 Å². The third-order valence-corrected chi connectivity index (χ3v) is 5.06. The van der Waals surface area contributed by atoms with E-state index in [2.05, 4.69) is 15.2 Å². The summed E-state index contributed by atoms with van der Waals surface area (Å²) in [4.78, 5) is 14.4. The SMILES string of the molecule is Nc1nnc(-c2ccc3nc(-c4ccccc4)c(-c4ccccc4)nc3n2)s1. The molecule has 2 N–H and O–H groups in total. The molecule has 2 aromatic carbocycles. The molecule has 7 heteroatoms. The van der Waals surface area contributed by atoms with E-state index in [0.717, 1.165) is 28.0 Å². The monoisotopic (exact) mass is 382 g/mol. The van der Waals surface area contributed by atoms with Gasteiger partial charge in [-0.3, -0.25) is 0 Å². The number of aromatic nitrogens is 5. The van der Waals surface area contributed by atoms with Gasteiger partial charge in [-0.25, -0.2) is 15.0 Å². The van der Waals surface area contributed by atoms with E-state index < -0.39 is 0 Å². The topological polar surface area (TPSA) is 90.5 Å². The fraction of sp³-hybridized carbons (Fsp3) is 0. The molecule has 0 aliphatic carbocycles. The maximum atomic E-state index is 5.70. The minimum absolute atomic E-state index is 0.410. The van der Waals surface area contributed by atoms with Crippen molar-refractivity contribution in [1.82, 2.24) is 25.1 Å². The molecule has 3 heterocycles. The number of pyridine rings is 1. The van der Waals surface area contributed by atoms with E-state index in [-0.39, 0.29) is 0 Å². The third kappa shape index (κ3) is 2.97. The second-order valence-electron chi connectivity index (χ2n) is 6.14. The van der Waals surface area contributed by atoms with Crippen LogP contribution in [0, 0.1) is 0 Å². The highest BCUT2D eigenvalue weighted by atomic mass is 32.1. The highest BCUT2D eigenvalue weighted by Gasteiger charge is 2.15. The molecule has 0 aliphatic heterocycles. The Morgan fingerprint density at radius 3 is 1.89 bits per heavy atom. The van der Waals surface area contributed by atoms with Crippen molar-refractivity contribution in [1.29, 1.82) is 0 Å². The summed E-state index contributed by atoms with van der Waals surface area (Å²) in [6, 6.07) is 23.8. The van der Waals surface area contributed by atoms with Crippen LogP contribution in [0.3, 0.4) is 0 Å². The molecule has 28 heavy (non-hydrogen) atoms. The van der Waals surface area contributed by atoms with Crippen LogP contribution in [0.1, 0.15) is 0 Å². The maximum Gasteiger partial charge on any atom is 0.203 e. The molecule has 0 spiro atoms. The Morgan fingerprint density at radius 1 is 0.643 bits per heavy atom. The largest absolute Gasteiger partial charge is 0.374 e. The van der Waals surface area contributed by atoms with Gasteiger partial charge in [0.15, 0.2) is 10.7 Å².